The summed E-state index contributed by atoms with van der Waals surface area (Å²) in [7, 11) is 0. The molecule has 0 heterocycles. The van der Waals surface area contributed by atoms with Crippen molar-refractivity contribution in [2.75, 3.05) is 19.6 Å². The second-order valence-electron chi connectivity index (χ2n) is 10.0. The van der Waals surface area contributed by atoms with Crippen LogP contribution in [0.25, 0.3) is 0 Å². The highest BCUT2D eigenvalue weighted by Gasteiger charge is 2.53. The monoisotopic (exact) mass is 390 g/mol. The fraction of sp³-hybridized carbons (Fsp3) is 0.556. The molecule has 3 aliphatic carbocycles. The zero-order chi connectivity index (χ0) is 20.3. The van der Waals surface area contributed by atoms with Crippen molar-refractivity contribution in [2.24, 2.45) is 23.2 Å². The molecule has 2 bridgehead atoms. The smallest absolute Gasteiger partial charge is 0.0214 e. The molecular weight excluding hydrogens is 352 g/mol. The Morgan fingerprint density at radius 3 is 2.07 bits per heavy atom. The van der Waals surface area contributed by atoms with E-state index in [2.05, 4.69) is 92.1 Å². The van der Waals surface area contributed by atoms with Crippen molar-refractivity contribution < 1.29 is 0 Å². The van der Waals surface area contributed by atoms with Crippen LogP contribution in [0.2, 0.25) is 0 Å². The van der Waals surface area contributed by atoms with E-state index >= 15 is 0 Å². The molecule has 2 aromatic rings. The molecule has 0 radical (unpaired) electrons. The first-order valence-corrected chi connectivity index (χ1v) is 11.6. The van der Waals surface area contributed by atoms with Gasteiger partial charge in [0.1, 0.15) is 0 Å². The van der Waals surface area contributed by atoms with Crippen LogP contribution in [-0.4, -0.2) is 25.7 Å². The van der Waals surface area contributed by atoms with E-state index in [4.69, 9.17) is 0 Å². The minimum Gasteiger partial charge on any atom is -0.314 e. The lowest BCUT2D eigenvalue weighted by Crippen LogP contribution is -2.55. The van der Waals surface area contributed by atoms with Crippen molar-refractivity contribution in [3.05, 3.63) is 71.8 Å². The van der Waals surface area contributed by atoms with Gasteiger partial charge < -0.3 is 10.6 Å². The molecule has 0 amide bonds. The van der Waals surface area contributed by atoms with Crippen LogP contribution in [0, 0.1) is 23.2 Å². The summed E-state index contributed by atoms with van der Waals surface area (Å²) in [6, 6.07) is 22.3. The number of hydrogen-bond donors (Lipinski definition) is 2. The van der Waals surface area contributed by atoms with Gasteiger partial charge in [0.15, 0.2) is 0 Å². The summed E-state index contributed by atoms with van der Waals surface area (Å²) in [5.41, 5.74) is 3.36. The summed E-state index contributed by atoms with van der Waals surface area (Å²) in [4.78, 5) is 0. The van der Waals surface area contributed by atoms with E-state index in [-0.39, 0.29) is 0 Å². The van der Waals surface area contributed by atoms with E-state index in [9.17, 15) is 0 Å². The zero-order valence-corrected chi connectivity index (χ0v) is 18.4. The van der Waals surface area contributed by atoms with Crippen LogP contribution in [0.15, 0.2) is 60.7 Å². The minimum absolute atomic E-state index is 0.399. The van der Waals surface area contributed by atoms with Gasteiger partial charge in [0, 0.05) is 25.0 Å². The number of fused-ring (bicyclic) bond motifs is 2. The number of nitrogens with one attached hydrogen (secondary N) is 2. The molecule has 3 fully saturated rings. The van der Waals surface area contributed by atoms with Gasteiger partial charge in [-0.2, -0.15) is 0 Å². The Morgan fingerprint density at radius 2 is 1.52 bits per heavy atom. The Balaban J connectivity index is 1.26. The van der Waals surface area contributed by atoms with Gasteiger partial charge >= 0.3 is 0 Å². The van der Waals surface area contributed by atoms with Crippen molar-refractivity contribution in [1.82, 2.24) is 10.6 Å². The van der Waals surface area contributed by atoms with Crippen molar-refractivity contribution in [1.29, 1.82) is 0 Å². The Hall–Kier alpha value is -1.64. The van der Waals surface area contributed by atoms with Crippen molar-refractivity contribution >= 4 is 0 Å². The molecule has 156 valence electrons. The van der Waals surface area contributed by atoms with Crippen molar-refractivity contribution in [2.45, 2.75) is 52.0 Å². The first-order valence-electron chi connectivity index (χ1n) is 11.6. The van der Waals surface area contributed by atoms with Gasteiger partial charge in [-0.05, 0) is 67.0 Å². The molecule has 2 N–H and O–H groups in total. The van der Waals surface area contributed by atoms with Crippen LogP contribution >= 0.6 is 0 Å². The second kappa shape index (κ2) is 9.02. The predicted octanol–water partition coefficient (Wildman–Crippen LogP) is 5.46. The Morgan fingerprint density at radius 1 is 0.897 bits per heavy atom. The van der Waals surface area contributed by atoms with E-state index in [0.29, 0.717) is 17.4 Å². The lowest BCUT2D eigenvalue weighted by atomic mass is 9.45. The van der Waals surface area contributed by atoms with Crippen LogP contribution in [0.1, 0.15) is 57.1 Å². The van der Waals surface area contributed by atoms with E-state index in [1.165, 1.54) is 36.9 Å². The van der Waals surface area contributed by atoms with Crippen LogP contribution in [0.4, 0.5) is 0 Å². The summed E-state index contributed by atoms with van der Waals surface area (Å²) in [6.45, 7) is 10.5. The Kier molecular flexibility index (Phi) is 6.41. The van der Waals surface area contributed by atoms with E-state index < -0.39 is 0 Å². The van der Waals surface area contributed by atoms with Gasteiger partial charge in [0.2, 0.25) is 0 Å². The molecule has 3 aliphatic rings. The fourth-order valence-electron chi connectivity index (χ4n) is 5.87. The third-order valence-corrected chi connectivity index (χ3v) is 7.93. The van der Waals surface area contributed by atoms with Gasteiger partial charge in [-0.15, -0.1) is 0 Å². The topological polar surface area (TPSA) is 24.1 Å². The van der Waals surface area contributed by atoms with Gasteiger partial charge in [-0.25, -0.2) is 0 Å². The van der Waals surface area contributed by atoms with E-state index in [1.807, 2.05) is 0 Å². The lowest BCUT2D eigenvalue weighted by molar-refractivity contribution is -0.104. The molecule has 5 rings (SSSR count). The van der Waals surface area contributed by atoms with Gasteiger partial charge in [-0.3, -0.25) is 0 Å². The molecule has 2 heteroatoms. The van der Waals surface area contributed by atoms with Crippen LogP contribution in [0.3, 0.4) is 0 Å². The summed E-state index contributed by atoms with van der Waals surface area (Å²) >= 11 is 0. The normalized spacial score (nSPS) is 26.1. The Bertz CT molecular complexity index is 713. The first kappa shape index (κ1) is 20.6. The maximum atomic E-state index is 3.84. The maximum Gasteiger partial charge on any atom is 0.0214 e. The highest BCUT2D eigenvalue weighted by Crippen LogP contribution is 2.61. The third-order valence-electron chi connectivity index (χ3n) is 7.93. The Labute approximate surface area is 177 Å². The van der Waals surface area contributed by atoms with Gasteiger partial charge in [0.25, 0.3) is 0 Å². The SMILES string of the molecule is CC(CNCC(c1ccccc1)c1ccccc1)NC[C@@H]1CC[C@H]2C[C@@H]1C2(C)C. The summed E-state index contributed by atoms with van der Waals surface area (Å²) < 4.78 is 0. The number of hydrogen-bond acceptors (Lipinski definition) is 2. The molecule has 3 saturated carbocycles. The van der Waals surface area contributed by atoms with Crippen LogP contribution < -0.4 is 10.6 Å². The summed E-state index contributed by atoms with van der Waals surface area (Å²) in [6.07, 6.45) is 4.34. The molecule has 0 saturated heterocycles. The first-order chi connectivity index (χ1) is 14.1. The lowest BCUT2D eigenvalue weighted by Gasteiger charge is -2.60. The molecule has 29 heavy (non-hydrogen) atoms. The predicted molar refractivity (Wildman–Crippen MR) is 123 cm³/mol. The largest absolute Gasteiger partial charge is 0.314 e. The van der Waals surface area contributed by atoms with E-state index in [0.717, 1.165) is 30.8 Å². The van der Waals surface area contributed by atoms with Crippen molar-refractivity contribution in [3.63, 3.8) is 0 Å². The van der Waals surface area contributed by atoms with Gasteiger partial charge in [0.05, 0.1) is 0 Å². The summed E-state index contributed by atoms with van der Waals surface area (Å²) in [5, 5.41) is 7.58. The average molecular weight is 391 g/mol. The standard InChI is InChI=1S/C27H38N2/c1-20(29-18-23-14-15-24-16-26(23)27(24,2)3)17-28-19-25(21-10-6-4-7-11-21)22-12-8-5-9-13-22/h4-13,20,23-26,28-29H,14-19H2,1-3H3/t20?,23-,24-,26-/m0/s1. The molecule has 4 atom stereocenters. The van der Waals surface area contributed by atoms with Gasteiger partial charge in [-0.1, -0.05) is 74.5 Å². The number of rotatable bonds is 9. The quantitative estimate of drug-likeness (QED) is 0.594. The second-order valence-corrected chi connectivity index (χ2v) is 10.0. The van der Waals surface area contributed by atoms with E-state index in [1.54, 1.807) is 0 Å². The fourth-order valence-corrected chi connectivity index (χ4v) is 5.87. The highest BCUT2D eigenvalue weighted by molar-refractivity contribution is 5.32. The molecule has 1 unspecified atom stereocenters. The maximum absolute atomic E-state index is 3.84. The highest BCUT2D eigenvalue weighted by atomic mass is 15.0. The van der Waals surface area contributed by atoms with Crippen LogP contribution in [-0.2, 0) is 0 Å². The van der Waals surface area contributed by atoms with Crippen molar-refractivity contribution in [3.8, 4) is 0 Å². The molecule has 0 spiro atoms. The molecule has 2 aromatic carbocycles. The molecule has 2 nitrogen and oxygen atoms in total. The number of benzene rings is 2. The van der Waals surface area contributed by atoms with Crippen LogP contribution in [0.5, 0.6) is 0 Å². The minimum atomic E-state index is 0.399. The average Bonchev–Trinajstić information content (AvgIpc) is 2.76. The summed E-state index contributed by atoms with van der Waals surface area (Å²) in [5.74, 6) is 3.21. The molecule has 0 aliphatic heterocycles. The third kappa shape index (κ3) is 4.59. The molecule has 0 aromatic heterocycles. The molecular formula is C27H38N2. The zero-order valence-electron chi connectivity index (χ0n) is 18.4.